The third-order valence-corrected chi connectivity index (χ3v) is 4.54. The molecule has 0 aliphatic carbocycles. The predicted octanol–water partition coefficient (Wildman–Crippen LogP) is 0.100. The van der Waals surface area contributed by atoms with Crippen LogP contribution in [0.25, 0.3) is 0 Å². The van der Waals surface area contributed by atoms with Crippen LogP contribution in [0.4, 0.5) is 0 Å². The number of rotatable bonds is 7. The molecule has 0 aliphatic heterocycles. The first-order chi connectivity index (χ1) is 7.95. The fourth-order valence-corrected chi connectivity index (χ4v) is 2.89. The van der Waals surface area contributed by atoms with Crippen LogP contribution < -0.4 is 4.72 Å². The van der Waals surface area contributed by atoms with Gasteiger partial charge in [0.25, 0.3) is 10.2 Å². The minimum atomic E-state index is -3.48. The van der Waals surface area contributed by atoms with Crippen LogP contribution in [0.1, 0.15) is 16.3 Å². The molecule has 2 N–H and O–H groups in total. The lowest BCUT2D eigenvalue weighted by atomic mass is 10.5. The highest BCUT2D eigenvalue weighted by Gasteiger charge is 2.16. The van der Waals surface area contributed by atoms with Gasteiger partial charge in [-0.1, -0.05) is 0 Å². The SMILES string of the molecule is Cc1cnc(CNS(=O)(=O)N(C)CCCO)s1. The van der Waals surface area contributed by atoms with E-state index in [1.807, 2.05) is 6.92 Å². The summed E-state index contributed by atoms with van der Waals surface area (Å²) in [6.45, 7) is 2.39. The van der Waals surface area contributed by atoms with Crippen molar-refractivity contribution in [3.8, 4) is 0 Å². The van der Waals surface area contributed by atoms with Crippen molar-refractivity contribution in [3.63, 3.8) is 0 Å². The van der Waals surface area contributed by atoms with E-state index in [1.165, 1.54) is 22.7 Å². The van der Waals surface area contributed by atoms with Crippen LogP contribution >= 0.6 is 11.3 Å². The monoisotopic (exact) mass is 279 g/mol. The molecule has 0 aliphatic rings. The van der Waals surface area contributed by atoms with Gasteiger partial charge in [0, 0.05) is 31.3 Å². The first-order valence-corrected chi connectivity index (χ1v) is 7.44. The molecule has 6 nitrogen and oxygen atoms in total. The fourth-order valence-electron chi connectivity index (χ4n) is 1.16. The smallest absolute Gasteiger partial charge is 0.279 e. The fraction of sp³-hybridized carbons (Fsp3) is 0.667. The summed E-state index contributed by atoms with van der Waals surface area (Å²) >= 11 is 1.46. The quantitative estimate of drug-likeness (QED) is 0.741. The number of aromatic nitrogens is 1. The van der Waals surface area contributed by atoms with Crippen LogP contribution in [0.5, 0.6) is 0 Å². The first-order valence-electron chi connectivity index (χ1n) is 5.19. The summed E-state index contributed by atoms with van der Waals surface area (Å²) in [7, 11) is -2.01. The molecular weight excluding hydrogens is 262 g/mol. The van der Waals surface area contributed by atoms with Gasteiger partial charge in [0.15, 0.2) is 0 Å². The standard InChI is InChI=1S/C9H17N3O3S2/c1-8-6-10-9(16-8)7-11-17(14,15)12(2)4-3-5-13/h6,11,13H,3-5,7H2,1-2H3. The van der Waals surface area contributed by atoms with Crippen LogP contribution in [-0.2, 0) is 16.8 Å². The van der Waals surface area contributed by atoms with Gasteiger partial charge in [-0.3, -0.25) is 0 Å². The molecule has 0 saturated carbocycles. The second kappa shape index (κ2) is 6.41. The number of hydrogen-bond donors (Lipinski definition) is 2. The number of nitrogens with zero attached hydrogens (tertiary/aromatic N) is 2. The molecule has 1 aromatic heterocycles. The molecule has 1 aromatic rings. The third-order valence-electron chi connectivity index (χ3n) is 2.12. The van der Waals surface area contributed by atoms with E-state index in [0.29, 0.717) is 13.0 Å². The maximum absolute atomic E-state index is 11.7. The summed E-state index contributed by atoms with van der Waals surface area (Å²) in [5.41, 5.74) is 0. The Morgan fingerprint density at radius 3 is 2.82 bits per heavy atom. The predicted molar refractivity (Wildman–Crippen MR) is 66.9 cm³/mol. The number of aliphatic hydroxyl groups excluding tert-OH is 1. The topological polar surface area (TPSA) is 82.5 Å². The highest BCUT2D eigenvalue weighted by molar-refractivity contribution is 7.87. The molecule has 0 saturated heterocycles. The number of aryl methyl sites for hydroxylation is 1. The lowest BCUT2D eigenvalue weighted by Crippen LogP contribution is -2.38. The average molecular weight is 279 g/mol. The third kappa shape index (κ3) is 4.68. The van der Waals surface area contributed by atoms with E-state index in [9.17, 15) is 8.42 Å². The van der Waals surface area contributed by atoms with Crippen molar-refractivity contribution in [2.24, 2.45) is 0 Å². The van der Waals surface area contributed by atoms with E-state index < -0.39 is 10.2 Å². The van der Waals surface area contributed by atoms with Crippen LogP contribution in [0, 0.1) is 6.92 Å². The maximum atomic E-state index is 11.7. The molecule has 0 bridgehead atoms. The van der Waals surface area contributed by atoms with E-state index in [-0.39, 0.29) is 13.2 Å². The number of thiazole rings is 1. The van der Waals surface area contributed by atoms with E-state index in [0.717, 1.165) is 9.88 Å². The number of aliphatic hydroxyl groups is 1. The van der Waals surface area contributed by atoms with Gasteiger partial charge in [-0.05, 0) is 13.3 Å². The van der Waals surface area contributed by atoms with Crippen molar-refractivity contribution in [2.75, 3.05) is 20.2 Å². The van der Waals surface area contributed by atoms with Gasteiger partial charge in [-0.2, -0.15) is 17.4 Å². The molecule has 0 atom stereocenters. The van der Waals surface area contributed by atoms with Crippen molar-refractivity contribution in [1.82, 2.24) is 14.0 Å². The summed E-state index contributed by atoms with van der Waals surface area (Å²) in [6.07, 6.45) is 2.14. The normalized spacial score (nSPS) is 12.2. The molecule has 8 heteroatoms. The Balaban J connectivity index is 2.49. The molecule has 0 radical (unpaired) electrons. The molecule has 0 spiro atoms. The van der Waals surface area contributed by atoms with Crippen molar-refractivity contribution in [3.05, 3.63) is 16.1 Å². The molecule has 1 heterocycles. The van der Waals surface area contributed by atoms with Gasteiger partial charge in [-0.25, -0.2) is 4.98 Å². The van der Waals surface area contributed by atoms with Crippen LogP contribution in [0.2, 0.25) is 0 Å². The van der Waals surface area contributed by atoms with E-state index in [2.05, 4.69) is 9.71 Å². The molecule has 0 unspecified atom stereocenters. The Morgan fingerprint density at radius 1 is 1.59 bits per heavy atom. The Bertz CT molecular complexity index is 444. The largest absolute Gasteiger partial charge is 0.396 e. The van der Waals surface area contributed by atoms with Crippen molar-refractivity contribution >= 4 is 21.5 Å². The van der Waals surface area contributed by atoms with E-state index in [1.54, 1.807) is 6.20 Å². The molecular formula is C9H17N3O3S2. The maximum Gasteiger partial charge on any atom is 0.279 e. The van der Waals surface area contributed by atoms with Crippen LogP contribution in [0.15, 0.2) is 6.20 Å². The van der Waals surface area contributed by atoms with Gasteiger partial charge < -0.3 is 5.11 Å². The molecule has 17 heavy (non-hydrogen) atoms. The number of hydrogen-bond acceptors (Lipinski definition) is 5. The summed E-state index contributed by atoms with van der Waals surface area (Å²) in [5, 5.41) is 9.38. The highest BCUT2D eigenvalue weighted by Crippen LogP contribution is 2.11. The second-order valence-corrected chi connectivity index (χ2v) is 6.77. The minimum Gasteiger partial charge on any atom is -0.396 e. The van der Waals surface area contributed by atoms with Crippen molar-refractivity contribution in [1.29, 1.82) is 0 Å². The summed E-state index contributed by atoms with van der Waals surface area (Å²) in [6, 6.07) is 0. The highest BCUT2D eigenvalue weighted by atomic mass is 32.2. The van der Waals surface area contributed by atoms with Crippen LogP contribution in [0.3, 0.4) is 0 Å². The average Bonchev–Trinajstić information content (AvgIpc) is 2.69. The second-order valence-electron chi connectivity index (χ2n) is 3.59. The van der Waals surface area contributed by atoms with E-state index in [4.69, 9.17) is 5.11 Å². The Hall–Kier alpha value is -0.540. The Morgan fingerprint density at radius 2 is 2.29 bits per heavy atom. The summed E-state index contributed by atoms with van der Waals surface area (Å²) < 4.78 is 27.1. The van der Waals surface area contributed by atoms with E-state index >= 15 is 0 Å². The summed E-state index contributed by atoms with van der Waals surface area (Å²) in [5.74, 6) is 0. The van der Waals surface area contributed by atoms with Gasteiger partial charge in [0.05, 0.1) is 6.54 Å². The molecule has 0 amide bonds. The number of nitrogens with one attached hydrogen (secondary N) is 1. The Labute approximate surface area is 105 Å². The van der Waals surface area contributed by atoms with Gasteiger partial charge in [0.2, 0.25) is 0 Å². The van der Waals surface area contributed by atoms with Gasteiger partial charge >= 0.3 is 0 Å². The molecule has 0 fully saturated rings. The summed E-state index contributed by atoms with van der Waals surface area (Å²) in [4.78, 5) is 5.12. The first kappa shape index (κ1) is 14.5. The van der Waals surface area contributed by atoms with Crippen LogP contribution in [-0.4, -0.2) is 43.0 Å². The molecule has 1 rings (SSSR count). The lowest BCUT2D eigenvalue weighted by Gasteiger charge is -2.16. The Kier molecular flexibility index (Phi) is 5.47. The van der Waals surface area contributed by atoms with Crippen molar-refractivity contribution < 1.29 is 13.5 Å². The zero-order valence-corrected chi connectivity index (χ0v) is 11.5. The van der Waals surface area contributed by atoms with Gasteiger partial charge in [-0.15, -0.1) is 11.3 Å². The zero-order chi connectivity index (χ0) is 12.9. The van der Waals surface area contributed by atoms with Crippen molar-refractivity contribution in [2.45, 2.75) is 19.9 Å². The van der Waals surface area contributed by atoms with Gasteiger partial charge in [0.1, 0.15) is 5.01 Å². The lowest BCUT2D eigenvalue weighted by molar-refractivity contribution is 0.275. The minimum absolute atomic E-state index is 0.0223. The molecule has 98 valence electrons. The zero-order valence-electron chi connectivity index (χ0n) is 9.88. The molecule has 0 aromatic carbocycles.